The van der Waals surface area contributed by atoms with Crippen LogP contribution in [0.1, 0.15) is 36.9 Å². The smallest absolute Gasteiger partial charge is 0.256 e. The third kappa shape index (κ3) is 3.64. The number of aromatic nitrogens is 1. The van der Waals surface area contributed by atoms with Gasteiger partial charge in [-0.15, -0.1) is 0 Å². The average molecular weight is 307 g/mol. The number of pyridine rings is 1. The Balaban J connectivity index is 2.30. The summed E-state index contributed by atoms with van der Waals surface area (Å²) in [4.78, 5) is 18.5. The maximum absolute atomic E-state index is 12.8. The van der Waals surface area contributed by atoms with E-state index in [9.17, 15) is 4.79 Å². The van der Waals surface area contributed by atoms with Crippen LogP contribution in [0.2, 0.25) is 5.02 Å². The van der Waals surface area contributed by atoms with Gasteiger partial charge in [-0.1, -0.05) is 25.4 Å². The number of rotatable bonds is 5. The number of carbonyl (C=O) groups is 1. The highest BCUT2D eigenvalue weighted by atomic mass is 35.5. The average Bonchev–Trinajstić information content (AvgIpc) is 2.97. The van der Waals surface area contributed by atoms with Crippen molar-refractivity contribution in [3.63, 3.8) is 0 Å². The Labute approximate surface area is 129 Å². The Morgan fingerprint density at radius 2 is 2.14 bits per heavy atom. The predicted octanol–water partition coefficient (Wildman–Crippen LogP) is 4.01. The highest BCUT2D eigenvalue weighted by Crippen LogP contribution is 2.22. The zero-order valence-electron chi connectivity index (χ0n) is 12.4. The van der Waals surface area contributed by atoms with Gasteiger partial charge in [0.15, 0.2) is 0 Å². The molecular weight excluding hydrogens is 288 g/mol. The van der Waals surface area contributed by atoms with E-state index in [0.29, 0.717) is 23.0 Å². The molecule has 0 bridgehead atoms. The lowest BCUT2D eigenvalue weighted by atomic mass is 10.0. The van der Waals surface area contributed by atoms with Crippen LogP contribution in [0.25, 0.3) is 0 Å². The molecule has 0 aromatic carbocycles. The Morgan fingerprint density at radius 1 is 1.38 bits per heavy atom. The van der Waals surface area contributed by atoms with Gasteiger partial charge in [0.25, 0.3) is 5.91 Å². The number of hydrogen-bond acceptors (Lipinski definition) is 3. The van der Waals surface area contributed by atoms with Crippen LogP contribution >= 0.6 is 11.6 Å². The summed E-state index contributed by atoms with van der Waals surface area (Å²) < 4.78 is 5.37. The van der Waals surface area contributed by atoms with E-state index in [-0.39, 0.29) is 11.9 Å². The van der Waals surface area contributed by atoms with Gasteiger partial charge in [0, 0.05) is 18.4 Å². The Bertz CT molecular complexity index is 596. The normalized spacial score (nSPS) is 12.4. The first-order chi connectivity index (χ1) is 10.0. The first-order valence-corrected chi connectivity index (χ1v) is 7.31. The van der Waals surface area contributed by atoms with Gasteiger partial charge in [0.2, 0.25) is 0 Å². The van der Waals surface area contributed by atoms with Crippen molar-refractivity contribution >= 4 is 17.5 Å². The number of hydrogen-bond donors (Lipinski definition) is 0. The molecule has 1 amide bonds. The van der Waals surface area contributed by atoms with Gasteiger partial charge in [-0.05, 0) is 31.0 Å². The van der Waals surface area contributed by atoms with E-state index in [1.54, 1.807) is 23.4 Å². The van der Waals surface area contributed by atoms with Crippen LogP contribution in [-0.4, -0.2) is 21.8 Å². The number of nitrogens with zero attached hydrogens (tertiary/aromatic N) is 2. The van der Waals surface area contributed by atoms with Crippen molar-refractivity contribution in [2.45, 2.75) is 33.4 Å². The molecule has 0 N–H and O–H groups in total. The molecule has 0 spiro atoms. The molecule has 2 heterocycles. The molecule has 0 aliphatic carbocycles. The number of amides is 1. The van der Waals surface area contributed by atoms with Gasteiger partial charge in [-0.2, -0.15) is 0 Å². The van der Waals surface area contributed by atoms with Crippen molar-refractivity contribution in [2.24, 2.45) is 5.92 Å². The van der Waals surface area contributed by atoms with E-state index in [2.05, 4.69) is 18.8 Å². The molecular formula is C16H19ClN2O2. The van der Waals surface area contributed by atoms with Crippen LogP contribution in [0, 0.1) is 5.92 Å². The van der Waals surface area contributed by atoms with Crippen molar-refractivity contribution < 1.29 is 9.21 Å². The monoisotopic (exact) mass is 306 g/mol. The molecule has 0 saturated heterocycles. The number of halogens is 1. The van der Waals surface area contributed by atoms with Crippen LogP contribution in [0.15, 0.2) is 41.3 Å². The van der Waals surface area contributed by atoms with Crippen molar-refractivity contribution in [3.8, 4) is 0 Å². The van der Waals surface area contributed by atoms with Crippen LogP contribution in [0.5, 0.6) is 0 Å². The van der Waals surface area contributed by atoms with Gasteiger partial charge >= 0.3 is 0 Å². The zero-order valence-corrected chi connectivity index (χ0v) is 13.2. The minimum absolute atomic E-state index is 0.0619. The fraction of sp³-hybridized carbons (Fsp3) is 0.375. The van der Waals surface area contributed by atoms with Crippen molar-refractivity contribution in [3.05, 3.63) is 53.2 Å². The quantitative estimate of drug-likeness (QED) is 0.838. The Kier molecular flexibility index (Phi) is 5.02. The lowest BCUT2D eigenvalue weighted by Gasteiger charge is -2.31. The molecule has 4 nitrogen and oxygen atoms in total. The predicted molar refractivity (Wildman–Crippen MR) is 82.1 cm³/mol. The molecule has 0 fully saturated rings. The van der Waals surface area contributed by atoms with E-state index >= 15 is 0 Å². The minimum Gasteiger partial charge on any atom is -0.467 e. The lowest BCUT2D eigenvalue weighted by molar-refractivity contribution is 0.0611. The van der Waals surface area contributed by atoms with Gasteiger partial charge < -0.3 is 9.32 Å². The standard InChI is InChI=1S/C16H19ClN2O2/c1-11(2)12(3)19(10-13-5-4-8-21-13)16(20)14-6-7-18-9-15(14)17/h4-9,11-12H,10H2,1-3H3/t12-/m1/s1. The molecule has 2 aromatic rings. The lowest BCUT2D eigenvalue weighted by Crippen LogP contribution is -2.41. The summed E-state index contributed by atoms with van der Waals surface area (Å²) in [6.07, 6.45) is 4.67. The number of furan rings is 1. The molecule has 1 atom stereocenters. The van der Waals surface area contributed by atoms with Crippen LogP contribution in [-0.2, 0) is 6.54 Å². The third-order valence-electron chi connectivity index (χ3n) is 3.63. The maximum Gasteiger partial charge on any atom is 0.256 e. The highest BCUT2D eigenvalue weighted by Gasteiger charge is 2.26. The topological polar surface area (TPSA) is 46.3 Å². The Hall–Kier alpha value is -1.81. The van der Waals surface area contributed by atoms with E-state index < -0.39 is 0 Å². The van der Waals surface area contributed by atoms with E-state index in [1.165, 1.54) is 6.20 Å². The van der Waals surface area contributed by atoms with E-state index in [0.717, 1.165) is 5.76 Å². The molecule has 112 valence electrons. The molecule has 2 rings (SSSR count). The highest BCUT2D eigenvalue weighted by molar-refractivity contribution is 6.33. The van der Waals surface area contributed by atoms with Crippen LogP contribution in [0.3, 0.4) is 0 Å². The van der Waals surface area contributed by atoms with Crippen LogP contribution in [0.4, 0.5) is 0 Å². The van der Waals surface area contributed by atoms with Gasteiger partial charge in [0.05, 0.1) is 23.4 Å². The molecule has 0 aliphatic rings. The summed E-state index contributed by atoms with van der Waals surface area (Å²) in [5, 5.41) is 0.364. The van der Waals surface area contributed by atoms with E-state index in [1.807, 2.05) is 19.1 Å². The van der Waals surface area contributed by atoms with Crippen molar-refractivity contribution in [2.75, 3.05) is 0 Å². The largest absolute Gasteiger partial charge is 0.467 e. The van der Waals surface area contributed by atoms with Crippen molar-refractivity contribution in [1.82, 2.24) is 9.88 Å². The summed E-state index contributed by atoms with van der Waals surface area (Å²) >= 11 is 6.10. The Morgan fingerprint density at radius 3 is 2.71 bits per heavy atom. The molecule has 21 heavy (non-hydrogen) atoms. The minimum atomic E-state index is -0.111. The fourth-order valence-corrected chi connectivity index (χ4v) is 2.23. The fourth-order valence-electron chi connectivity index (χ4n) is 2.03. The second-order valence-electron chi connectivity index (χ2n) is 5.35. The summed E-state index contributed by atoms with van der Waals surface area (Å²) in [6.45, 7) is 6.62. The second kappa shape index (κ2) is 6.76. The van der Waals surface area contributed by atoms with E-state index in [4.69, 9.17) is 16.0 Å². The summed E-state index contributed by atoms with van der Waals surface area (Å²) in [7, 11) is 0. The molecule has 0 radical (unpaired) electrons. The summed E-state index contributed by atoms with van der Waals surface area (Å²) in [6, 6.07) is 5.39. The zero-order chi connectivity index (χ0) is 15.4. The molecule has 0 aliphatic heterocycles. The molecule has 0 saturated carbocycles. The SMILES string of the molecule is CC(C)[C@@H](C)N(Cc1ccco1)C(=O)c1ccncc1Cl. The van der Waals surface area contributed by atoms with Gasteiger partial charge in [0.1, 0.15) is 5.76 Å². The first-order valence-electron chi connectivity index (χ1n) is 6.93. The van der Waals surface area contributed by atoms with Crippen LogP contribution < -0.4 is 0 Å². The van der Waals surface area contributed by atoms with Gasteiger partial charge in [-0.25, -0.2) is 0 Å². The molecule has 0 unspecified atom stereocenters. The maximum atomic E-state index is 12.8. The third-order valence-corrected chi connectivity index (χ3v) is 3.93. The first kappa shape index (κ1) is 15.6. The summed E-state index contributed by atoms with van der Waals surface area (Å²) in [5.74, 6) is 0.963. The second-order valence-corrected chi connectivity index (χ2v) is 5.76. The molecule has 2 aromatic heterocycles. The molecule has 5 heteroatoms. The number of carbonyl (C=O) groups excluding carboxylic acids is 1. The van der Waals surface area contributed by atoms with Gasteiger partial charge in [-0.3, -0.25) is 9.78 Å². The van der Waals surface area contributed by atoms with Crippen molar-refractivity contribution in [1.29, 1.82) is 0 Å². The summed E-state index contributed by atoms with van der Waals surface area (Å²) in [5.41, 5.74) is 0.464.